The van der Waals surface area contributed by atoms with Gasteiger partial charge in [0, 0.05) is 30.3 Å². The number of methoxy groups -OCH3 is 1. The molecule has 2 N–H and O–H groups in total. The van der Waals surface area contributed by atoms with Gasteiger partial charge in [0.1, 0.15) is 18.1 Å². The number of hydrogen-bond acceptors (Lipinski definition) is 6. The molecular weight excluding hydrogens is 486 g/mol. The number of carbonyl (C=O) groups is 2. The van der Waals surface area contributed by atoms with E-state index in [9.17, 15) is 14.0 Å². The van der Waals surface area contributed by atoms with Crippen LogP contribution in [-0.2, 0) is 17.9 Å². The number of benzene rings is 2. The van der Waals surface area contributed by atoms with Crippen LogP contribution in [0.5, 0.6) is 5.75 Å². The molecule has 0 spiro atoms. The Labute approximate surface area is 205 Å². The molecular formula is C23H21Cl2FN4O4. The summed E-state index contributed by atoms with van der Waals surface area (Å²) in [6.07, 6.45) is 1.30. The highest BCUT2D eigenvalue weighted by Crippen LogP contribution is 2.33. The molecule has 3 aromatic rings. The Morgan fingerprint density at radius 1 is 1.26 bits per heavy atom. The zero-order chi connectivity index (χ0) is 24.8. The van der Waals surface area contributed by atoms with E-state index in [-0.39, 0.29) is 52.7 Å². The third-order valence-electron chi connectivity index (χ3n) is 5.01. The van der Waals surface area contributed by atoms with Crippen LogP contribution < -0.4 is 10.1 Å². The first-order valence-electron chi connectivity index (χ1n) is 10.00. The molecule has 0 bridgehead atoms. The lowest BCUT2D eigenvalue weighted by Crippen LogP contribution is -2.37. The van der Waals surface area contributed by atoms with E-state index >= 15 is 0 Å². The van der Waals surface area contributed by atoms with Crippen LogP contribution in [0.15, 0.2) is 42.6 Å². The molecule has 0 saturated carbocycles. The zero-order valence-corrected chi connectivity index (χ0v) is 19.8. The molecule has 2 aromatic carbocycles. The van der Waals surface area contributed by atoms with Crippen molar-refractivity contribution in [1.82, 2.24) is 20.2 Å². The molecule has 0 aliphatic carbocycles. The number of rotatable bonds is 6. The number of fused-ring (bicyclic) bond motifs is 1. The van der Waals surface area contributed by atoms with E-state index in [2.05, 4.69) is 15.3 Å². The topological polar surface area (TPSA) is 105 Å². The second-order valence-corrected chi connectivity index (χ2v) is 7.85. The average molecular weight is 507 g/mol. The van der Waals surface area contributed by atoms with Crippen molar-refractivity contribution >= 4 is 35.0 Å². The van der Waals surface area contributed by atoms with Crippen molar-refractivity contribution in [1.29, 1.82) is 0 Å². The second kappa shape index (κ2) is 11.2. The van der Waals surface area contributed by atoms with Crippen molar-refractivity contribution in [3.63, 3.8) is 0 Å². The molecule has 2 amide bonds. The number of amides is 2. The lowest BCUT2D eigenvalue weighted by Gasteiger charge is -2.15. The van der Waals surface area contributed by atoms with Gasteiger partial charge >= 0.3 is 0 Å². The van der Waals surface area contributed by atoms with E-state index < -0.39 is 11.7 Å². The summed E-state index contributed by atoms with van der Waals surface area (Å²) in [5.41, 5.74) is 1.75. The van der Waals surface area contributed by atoms with Crippen LogP contribution in [0, 0.1) is 5.82 Å². The van der Waals surface area contributed by atoms with Gasteiger partial charge in [-0.25, -0.2) is 14.4 Å². The van der Waals surface area contributed by atoms with Crippen LogP contribution in [0.2, 0.25) is 10.3 Å². The Morgan fingerprint density at radius 3 is 2.76 bits per heavy atom. The van der Waals surface area contributed by atoms with Gasteiger partial charge in [0.15, 0.2) is 0 Å². The van der Waals surface area contributed by atoms with Gasteiger partial charge in [-0.2, -0.15) is 0 Å². The summed E-state index contributed by atoms with van der Waals surface area (Å²) < 4.78 is 19.9. The Morgan fingerprint density at radius 2 is 2.03 bits per heavy atom. The normalized spacial score (nSPS) is 12.1. The molecule has 0 fully saturated rings. The number of hydrogen-bond donors (Lipinski definition) is 2. The van der Waals surface area contributed by atoms with Gasteiger partial charge in [-0.1, -0.05) is 23.7 Å². The van der Waals surface area contributed by atoms with Crippen LogP contribution in [0.1, 0.15) is 21.5 Å². The Kier molecular flexibility index (Phi) is 8.38. The average Bonchev–Trinajstić information content (AvgIpc) is 3.16. The molecule has 0 radical (unpaired) electrons. The van der Waals surface area contributed by atoms with Gasteiger partial charge in [0.2, 0.25) is 11.2 Å². The van der Waals surface area contributed by atoms with E-state index in [1.165, 1.54) is 23.2 Å². The fourth-order valence-electron chi connectivity index (χ4n) is 3.45. The number of aliphatic hydroxyl groups excluding tert-OH is 1. The Bertz CT molecular complexity index is 1230. The predicted molar refractivity (Wildman–Crippen MR) is 125 cm³/mol. The van der Waals surface area contributed by atoms with Crippen LogP contribution in [0.4, 0.5) is 4.39 Å². The van der Waals surface area contributed by atoms with Crippen LogP contribution >= 0.6 is 23.2 Å². The third-order valence-corrected chi connectivity index (χ3v) is 5.47. The maximum Gasteiger partial charge on any atom is 0.255 e. The number of aromatic nitrogens is 2. The number of halogens is 3. The molecule has 8 nitrogen and oxygen atoms in total. The highest BCUT2D eigenvalue weighted by atomic mass is 35.5. The summed E-state index contributed by atoms with van der Waals surface area (Å²) in [6, 6.07) is 10.0. The maximum atomic E-state index is 14.8. The van der Waals surface area contributed by atoms with Gasteiger partial charge in [-0.05, 0) is 41.4 Å². The number of nitrogens with zero attached hydrogens (tertiary/aromatic N) is 3. The van der Waals surface area contributed by atoms with Gasteiger partial charge in [-0.3, -0.25) is 9.59 Å². The van der Waals surface area contributed by atoms with Crippen molar-refractivity contribution in [2.45, 2.75) is 13.1 Å². The molecule has 178 valence electrons. The van der Waals surface area contributed by atoms with Crippen molar-refractivity contribution in [3.05, 3.63) is 75.4 Å². The van der Waals surface area contributed by atoms with E-state index in [4.69, 9.17) is 33.0 Å². The summed E-state index contributed by atoms with van der Waals surface area (Å²) in [5, 5.41) is 9.88. The summed E-state index contributed by atoms with van der Waals surface area (Å²) in [5.74, 6) is -0.719. The summed E-state index contributed by atoms with van der Waals surface area (Å²) in [7, 11) is 2.56. The quantitative estimate of drug-likeness (QED) is 0.496. The molecule has 0 atom stereocenters. The van der Waals surface area contributed by atoms with Crippen LogP contribution in [0.3, 0.4) is 0 Å². The summed E-state index contributed by atoms with van der Waals surface area (Å²) in [6.45, 7) is 0.0635. The first kappa shape index (κ1) is 25.4. The van der Waals surface area contributed by atoms with Crippen LogP contribution in [0.25, 0.3) is 11.3 Å². The molecule has 1 aromatic heterocycles. The second-order valence-electron chi connectivity index (χ2n) is 7.11. The lowest BCUT2D eigenvalue weighted by atomic mass is 10.0. The minimum atomic E-state index is -0.587. The third kappa shape index (κ3) is 5.61. The fourth-order valence-corrected chi connectivity index (χ4v) is 3.78. The molecule has 34 heavy (non-hydrogen) atoms. The standard InChI is InChI=1S/C22H17Cl2FN4O3.CH4O/c1-32-14-4-2-3-12(5-14)8-26-19(30)11-29-10-16-15(21(29)31)6-13(7-18(16)25)20-17(23)9-27-22(24)28-20;1-2/h2-7,9H,8,10-11H2,1H3,(H,26,30);2H,1H3. The number of aliphatic hydroxyl groups is 1. The number of nitrogens with one attached hydrogen (secondary N) is 1. The highest BCUT2D eigenvalue weighted by Gasteiger charge is 2.32. The van der Waals surface area contributed by atoms with Crippen molar-refractivity contribution < 1.29 is 23.8 Å². The minimum Gasteiger partial charge on any atom is -0.497 e. The van der Waals surface area contributed by atoms with Gasteiger partial charge in [0.25, 0.3) is 5.91 Å². The molecule has 1 aliphatic heterocycles. The minimum absolute atomic E-state index is 0.00881. The smallest absolute Gasteiger partial charge is 0.255 e. The molecule has 11 heteroatoms. The summed E-state index contributed by atoms with van der Waals surface area (Å²) >= 11 is 11.9. The van der Waals surface area contributed by atoms with Crippen molar-refractivity contribution in [2.75, 3.05) is 20.8 Å². The highest BCUT2D eigenvalue weighted by molar-refractivity contribution is 6.33. The molecule has 4 rings (SSSR count). The van der Waals surface area contributed by atoms with E-state index in [1.807, 2.05) is 12.1 Å². The van der Waals surface area contributed by atoms with Crippen molar-refractivity contribution in [3.8, 4) is 17.0 Å². The monoisotopic (exact) mass is 506 g/mol. The molecule has 1 aliphatic rings. The summed E-state index contributed by atoms with van der Waals surface area (Å²) in [4.78, 5) is 34.3. The van der Waals surface area contributed by atoms with Gasteiger partial charge in [0.05, 0.1) is 30.6 Å². The van der Waals surface area contributed by atoms with Gasteiger partial charge in [-0.15, -0.1) is 0 Å². The first-order valence-corrected chi connectivity index (χ1v) is 10.8. The molecule has 0 saturated heterocycles. The lowest BCUT2D eigenvalue weighted by molar-refractivity contribution is -0.122. The first-order chi connectivity index (χ1) is 16.4. The predicted octanol–water partition coefficient (Wildman–Crippen LogP) is 3.48. The number of carbonyl (C=O) groups excluding carboxylic acids is 2. The zero-order valence-electron chi connectivity index (χ0n) is 18.3. The molecule has 2 heterocycles. The Balaban J connectivity index is 0.00000158. The van der Waals surface area contributed by atoms with E-state index in [0.29, 0.717) is 11.3 Å². The Hall–Kier alpha value is -3.27. The maximum absolute atomic E-state index is 14.8. The SMILES string of the molecule is CO.COc1cccc(CNC(=O)CN2Cc3c(F)cc(-c4nc(Cl)ncc4Cl)cc3C2=O)c1. The van der Waals surface area contributed by atoms with Crippen molar-refractivity contribution in [2.24, 2.45) is 0 Å². The fraction of sp³-hybridized carbons (Fsp3) is 0.217. The van der Waals surface area contributed by atoms with Gasteiger partial charge < -0.3 is 20.1 Å². The number of ether oxygens (including phenoxy) is 1. The van der Waals surface area contributed by atoms with E-state index in [0.717, 1.165) is 12.7 Å². The largest absolute Gasteiger partial charge is 0.497 e. The van der Waals surface area contributed by atoms with E-state index in [1.54, 1.807) is 19.2 Å². The molecule has 0 unspecified atom stereocenters. The van der Waals surface area contributed by atoms with Crippen LogP contribution in [-0.4, -0.2) is 52.6 Å².